The van der Waals surface area contributed by atoms with Crippen LogP contribution < -0.4 is 4.90 Å². The van der Waals surface area contributed by atoms with Gasteiger partial charge in [-0.1, -0.05) is 17.7 Å². The van der Waals surface area contributed by atoms with Crippen LogP contribution in [0.2, 0.25) is 0 Å². The minimum atomic E-state index is -0.789. The highest BCUT2D eigenvalue weighted by Gasteiger charge is 2.34. The third-order valence-corrected chi connectivity index (χ3v) is 7.38. The first kappa shape index (κ1) is 20.7. The number of benzene rings is 1. The Labute approximate surface area is 187 Å². The number of likely N-dealkylation sites (tertiary alicyclic amines) is 1. The van der Waals surface area contributed by atoms with Crippen LogP contribution in [0.3, 0.4) is 0 Å². The number of hydrogen-bond acceptors (Lipinski definition) is 7. The van der Waals surface area contributed by atoms with Crippen LogP contribution in [0.15, 0.2) is 42.7 Å². The van der Waals surface area contributed by atoms with E-state index in [-0.39, 0.29) is 0 Å². The van der Waals surface area contributed by atoms with Gasteiger partial charge in [0.15, 0.2) is 0 Å². The molecule has 0 aliphatic carbocycles. The zero-order valence-corrected chi connectivity index (χ0v) is 18.8. The average Bonchev–Trinajstić information content (AvgIpc) is 2.81. The SMILES string of the molecule is Cc1ccc2nc(CN3CCC(O)(c4cccnc4)CC3)nc(N3CCSCC3)c2c1. The number of aromatic nitrogens is 3. The van der Waals surface area contributed by atoms with Gasteiger partial charge in [-0.25, -0.2) is 9.97 Å². The lowest BCUT2D eigenvalue weighted by Gasteiger charge is -2.38. The standard InChI is InChI=1S/C24H29N5OS/c1-18-4-5-21-20(15-18)23(29-11-13-31-14-12-29)27-22(26-21)17-28-9-6-24(30,7-10-28)19-3-2-8-25-16-19/h2-5,8,15-16,30H,6-7,9-14,17H2,1H3. The quantitative estimate of drug-likeness (QED) is 0.674. The molecule has 2 saturated heterocycles. The van der Waals surface area contributed by atoms with Crippen molar-refractivity contribution in [2.75, 3.05) is 42.6 Å². The second-order valence-corrected chi connectivity index (χ2v) is 9.86. The number of fused-ring (bicyclic) bond motifs is 1. The monoisotopic (exact) mass is 435 g/mol. The minimum Gasteiger partial charge on any atom is -0.385 e. The molecule has 0 unspecified atom stereocenters. The Kier molecular flexibility index (Phi) is 5.82. The molecule has 162 valence electrons. The number of rotatable bonds is 4. The van der Waals surface area contributed by atoms with Crippen LogP contribution in [0, 0.1) is 6.92 Å². The number of nitrogens with zero attached hydrogens (tertiary/aromatic N) is 5. The zero-order chi connectivity index (χ0) is 21.3. The highest BCUT2D eigenvalue weighted by molar-refractivity contribution is 7.99. The van der Waals surface area contributed by atoms with Gasteiger partial charge in [0.1, 0.15) is 11.6 Å². The number of piperidine rings is 1. The van der Waals surface area contributed by atoms with Gasteiger partial charge >= 0.3 is 0 Å². The molecule has 0 bridgehead atoms. The molecule has 0 amide bonds. The number of aliphatic hydroxyl groups is 1. The minimum absolute atomic E-state index is 0.696. The number of thioether (sulfide) groups is 1. The van der Waals surface area contributed by atoms with Crippen molar-refractivity contribution in [1.29, 1.82) is 0 Å². The highest BCUT2D eigenvalue weighted by Crippen LogP contribution is 2.33. The van der Waals surface area contributed by atoms with Crippen LogP contribution in [-0.2, 0) is 12.1 Å². The van der Waals surface area contributed by atoms with E-state index in [1.54, 1.807) is 12.4 Å². The molecule has 2 aromatic heterocycles. The van der Waals surface area contributed by atoms with E-state index < -0.39 is 5.60 Å². The van der Waals surface area contributed by atoms with Crippen molar-refractivity contribution in [3.8, 4) is 0 Å². The van der Waals surface area contributed by atoms with Crippen LogP contribution in [0.25, 0.3) is 10.9 Å². The molecule has 0 radical (unpaired) electrons. The molecular weight excluding hydrogens is 406 g/mol. The first-order valence-electron chi connectivity index (χ1n) is 11.1. The smallest absolute Gasteiger partial charge is 0.145 e. The fourth-order valence-corrected chi connectivity index (χ4v) is 5.47. The van der Waals surface area contributed by atoms with Gasteiger partial charge in [0.2, 0.25) is 0 Å². The van der Waals surface area contributed by atoms with E-state index in [0.29, 0.717) is 19.4 Å². The summed E-state index contributed by atoms with van der Waals surface area (Å²) in [6, 6.07) is 10.3. The summed E-state index contributed by atoms with van der Waals surface area (Å²) in [7, 11) is 0. The van der Waals surface area contributed by atoms with E-state index in [1.807, 2.05) is 23.9 Å². The molecule has 2 fully saturated rings. The number of pyridine rings is 1. The molecule has 2 aliphatic rings. The first-order chi connectivity index (χ1) is 15.1. The molecular formula is C24H29N5OS. The van der Waals surface area contributed by atoms with Crippen LogP contribution in [0.4, 0.5) is 5.82 Å². The number of aryl methyl sites for hydroxylation is 1. The van der Waals surface area contributed by atoms with Gasteiger partial charge < -0.3 is 10.0 Å². The molecule has 2 aliphatic heterocycles. The Hall–Kier alpha value is -2.22. The largest absolute Gasteiger partial charge is 0.385 e. The predicted molar refractivity (Wildman–Crippen MR) is 126 cm³/mol. The van der Waals surface area contributed by atoms with E-state index in [9.17, 15) is 5.11 Å². The van der Waals surface area contributed by atoms with Gasteiger partial charge in [-0.15, -0.1) is 0 Å². The molecule has 0 spiro atoms. The zero-order valence-electron chi connectivity index (χ0n) is 18.0. The average molecular weight is 436 g/mol. The molecule has 3 aromatic rings. The predicted octanol–water partition coefficient (Wildman–Crippen LogP) is 3.37. The van der Waals surface area contributed by atoms with E-state index >= 15 is 0 Å². The summed E-state index contributed by atoms with van der Waals surface area (Å²) in [6.07, 6.45) is 4.93. The number of hydrogen-bond donors (Lipinski definition) is 1. The molecule has 1 N–H and O–H groups in total. The topological polar surface area (TPSA) is 65.4 Å². The van der Waals surface area contributed by atoms with Gasteiger partial charge in [0.25, 0.3) is 0 Å². The van der Waals surface area contributed by atoms with Gasteiger partial charge in [-0.2, -0.15) is 11.8 Å². The molecule has 0 saturated carbocycles. The summed E-state index contributed by atoms with van der Waals surface area (Å²) >= 11 is 2.01. The highest BCUT2D eigenvalue weighted by atomic mass is 32.2. The maximum absolute atomic E-state index is 11.1. The van der Waals surface area contributed by atoms with Crippen LogP contribution in [0.1, 0.15) is 29.8 Å². The second-order valence-electron chi connectivity index (χ2n) is 8.63. The van der Waals surface area contributed by atoms with Crippen molar-refractivity contribution >= 4 is 28.5 Å². The summed E-state index contributed by atoms with van der Waals surface area (Å²) in [5.41, 5.74) is 2.38. The van der Waals surface area contributed by atoms with Gasteiger partial charge in [-0.3, -0.25) is 9.88 Å². The van der Waals surface area contributed by atoms with Crippen molar-refractivity contribution in [2.24, 2.45) is 0 Å². The molecule has 5 rings (SSSR count). The third-order valence-electron chi connectivity index (χ3n) is 6.44. The molecule has 1 aromatic carbocycles. The Bertz CT molecular complexity index is 1050. The fourth-order valence-electron chi connectivity index (χ4n) is 4.57. The molecule has 7 heteroatoms. The van der Waals surface area contributed by atoms with Gasteiger partial charge in [0.05, 0.1) is 17.7 Å². The van der Waals surface area contributed by atoms with Gasteiger partial charge in [-0.05, 0) is 38.0 Å². The van der Waals surface area contributed by atoms with E-state index in [4.69, 9.17) is 9.97 Å². The van der Waals surface area contributed by atoms with Gasteiger partial charge in [0, 0.05) is 61.0 Å². The Balaban J connectivity index is 1.37. The Morgan fingerprint density at radius 1 is 1.06 bits per heavy atom. The molecule has 4 heterocycles. The number of anilines is 1. The molecule has 31 heavy (non-hydrogen) atoms. The lowest BCUT2D eigenvalue weighted by molar-refractivity contribution is -0.0284. The van der Waals surface area contributed by atoms with E-state index in [2.05, 4.69) is 39.9 Å². The van der Waals surface area contributed by atoms with Crippen LogP contribution in [-0.4, -0.2) is 62.6 Å². The van der Waals surface area contributed by atoms with Crippen molar-refractivity contribution in [3.05, 3.63) is 59.7 Å². The van der Waals surface area contributed by atoms with Crippen LogP contribution >= 0.6 is 11.8 Å². The lowest BCUT2D eigenvalue weighted by Crippen LogP contribution is -2.42. The summed E-state index contributed by atoms with van der Waals surface area (Å²) in [5.74, 6) is 4.24. The molecule has 6 nitrogen and oxygen atoms in total. The van der Waals surface area contributed by atoms with E-state index in [1.165, 1.54) is 5.56 Å². The van der Waals surface area contributed by atoms with Crippen molar-refractivity contribution in [2.45, 2.75) is 31.9 Å². The van der Waals surface area contributed by atoms with Crippen molar-refractivity contribution in [3.63, 3.8) is 0 Å². The Morgan fingerprint density at radius 3 is 2.61 bits per heavy atom. The van der Waals surface area contributed by atoms with Crippen LogP contribution in [0.5, 0.6) is 0 Å². The molecule has 0 atom stereocenters. The van der Waals surface area contributed by atoms with E-state index in [0.717, 1.165) is 65.8 Å². The normalized spacial score (nSPS) is 19.6. The maximum atomic E-state index is 11.1. The summed E-state index contributed by atoms with van der Waals surface area (Å²) in [5, 5.41) is 12.3. The van der Waals surface area contributed by atoms with Crippen molar-refractivity contribution < 1.29 is 5.11 Å². The second kappa shape index (κ2) is 8.73. The summed E-state index contributed by atoms with van der Waals surface area (Å²) in [6.45, 7) is 6.54. The first-order valence-corrected chi connectivity index (χ1v) is 12.2. The lowest BCUT2D eigenvalue weighted by atomic mass is 9.85. The summed E-state index contributed by atoms with van der Waals surface area (Å²) < 4.78 is 0. The third kappa shape index (κ3) is 4.40. The fraction of sp³-hybridized carbons (Fsp3) is 0.458. The van der Waals surface area contributed by atoms with Crippen molar-refractivity contribution in [1.82, 2.24) is 19.9 Å². The maximum Gasteiger partial charge on any atom is 0.145 e. The Morgan fingerprint density at radius 2 is 1.87 bits per heavy atom. The summed E-state index contributed by atoms with van der Waals surface area (Å²) in [4.78, 5) is 18.9.